The van der Waals surface area contributed by atoms with Crippen LogP contribution in [0, 0.1) is 6.92 Å². The molecule has 0 spiro atoms. The van der Waals surface area contributed by atoms with Crippen LogP contribution in [0.2, 0.25) is 10.0 Å². The van der Waals surface area contributed by atoms with Crippen LogP contribution in [0.1, 0.15) is 24.3 Å². The number of benzene rings is 2. The quantitative estimate of drug-likeness (QED) is 0.449. The number of nitrogens with zero attached hydrogens (tertiary/aromatic N) is 1. The van der Waals surface area contributed by atoms with E-state index in [0.717, 1.165) is 21.3 Å². The summed E-state index contributed by atoms with van der Waals surface area (Å²) >= 11 is 16.0. The summed E-state index contributed by atoms with van der Waals surface area (Å²) in [6.07, 6.45) is -1.10. The van der Waals surface area contributed by atoms with Crippen LogP contribution in [-0.4, -0.2) is 10.8 Å². The van der Waals surface area contributed by atoms with E-state index in [1.54, 1.807) is 23.7 Å². The molecule has 0 saturated heterocycles. The summed E-state index contributed by atoms with van der Waals surface area (Å²) in [7, 11) is 0. The maximum Gasteiger partial charge on any atom is 0.427 e. The molecule has 1 atom stereocenters. The van der Waals surface area contributed by atoms with E-state index in [1.807, 2.05) is 49.4 Å². The van der Waals surface area contributed by atoms with Crippen LogP contribution in [0.3, 0.4) is 0 Å². The summed E-state index contributed by atoms with van der Waals surface area (Å²) < 4.78 is 8.06. The van der Waals surface area contributed by atoms with Crippen molar-refractivity contribution in [3.63, 3.8) is 0 Å². The second-order valence-electron chi connectivity index (χ2n) is 6.01. The van der Waals surface area contributed by atoms with Crippen LogP contribution < -0.4 is 5.43 Å². The number of rotatable bonds is 4. The highest BCUT2D eigenvalue weighted by Gasteiger charge is 2.18. The number of hydrogen-bond donors (Lipinski definition) is 1. The van der Waals surface area contributed by atoms with Gasteiger partial charge in [-0.3, -0.25) is 4.68 Å². The van der Waals surface area contributed by atoms with Gasteiger partial charge in [-0.15, -0.1) is 0 Å². The van der Waals surface area contributed by atoms with Crippen LogP contribution in [0.5, 0.6) is 0 Å². The molecule has 2 aromatic carbocycles. The van der Waals surface area contributed by atoms with E-state index in [0.29, 0.717) is 15.7 Å². The zero-order valence-electron chi connectivity index (χ0n) is 14.7. The lowest BCUT2D eigenvalue weighted by Crippen LogP contribution is -2.26. The fourth-order valence-corrected chi connectivity index (χ4v) is 3.67. The van der Waals surface area contributed by atoms with Crippen molar-refractivity contribution in [2.75, 3.05) is 5.43 Å². The lowest BCUT2D eigenvalue weighted by molar-refractivity contribution is 0.118. The Bertz CT molecular complexity index is 971. The number of hydrogen-bond acceptors (Lipinski definition) is 2. The smallest absolute Gasteiger partial charge is 0.427 e. The summed E-state index contributed by atoms with van der Waals surface area (Å²) in [5.74, 6) is 0. The molecule has 0 fully saturated rings. The third kappa shape index (κ3) is 4.49. The Balaban J connectivity index is 1.82. The van der Waals surface area contributed by atoms with Crippen molar-refractivity contribution >= 4 is 45.2 Å². The molecule has 0 aliphatic rings. The Morgan fingerprint density at radius 2 is 1.78 bits per heavy atom. The largest absolute Gasteiger partial charge is 0.440 e. The van der Waals surface area contributed by atoms with Gasteiger partial charge in [0.1, 0.15) is 6.10 Å². The summed E-state index contributed by atoms with van der Waals surface area (Å²) in [4.78, 5) is 12.5. The molecular weight excluding hydrogens is 451 g/mol. The summed E-state index contributed by atoms with van der Waals surface area (Å²) in [6, 6.07) is 16.7. The first-order valence-corrected chi connectivity index (χ1v) is 9.77. The van der Waals surface area contributed by atoms with E-state index in [2.05, 4.69) is 21.4 Å². The molecule has 3 rings (SSSR count). The van der Waals surface area contributed by atoms with Crippen molar-refractivity contribution in [1.82, 2.24) is 4.68 Å². The number of carbonyl (C=O) groups is 1. The molecule has 1 amide bonds. The van der Waals surface area contributed by atoms with Gasteiger partial charge < -0.3 is 4.74 Å². The van der Waals surface area contributed by atoms with Crippen LogP contribution >= 0.6 is 39.1 Å². The highest BCUT2D eigenvalue weighted by molar-refractivity contribution is 9.10. The molecule has 0 saturated carbocycles. The number of aromatic nitrogens is 1. The third-order valence-electron chi connectivity index (χ3n) is 4.09. The minimum Gasteiger partial charge on any atom is -0.440 e. The van der Waals surface area contributed by atoms with Crippen LogP contribution in [-0.2, 0) is 4.74 Å². The molecule has 0 bridgehead atoms. The molecule has 140 valence electrons. The summed E-state index contributed by atoms with van der Waals surface area (Å²) in [5.41, 5.74) is 5.82. The van der Waals surface area contributed by atoms with Gasteiger partial charge in [-0.2, -0.15) is 0 Å². The standard InChI is InChI=1S/C20H17BrCl2N2O2/c1-12-11-18(23)19(14-7-9-15(21)10-8-14)25(12)24-20(26)27-13(2)16-5-3-4-6-17(16)22/h3-11,13H,1-2H3,(H,24,26). The molecular formula is C20H17BrCl2N2O2. The molecule has 0 aliphatic heterocycles. The summed E-state index contributed by atoms with van der Waals surface area (Å²) in [5, 5.41) is 1.09. The average molecular weight is 468 g/mol. The van der Waals surface area contributed by atoms with Gasteiger partial charge in [0.05, 0.1) is 10.7 Å². The zero-order valence-corrected chi connectivity index (χ0v) is 17.8. The number of amides is 1. The fourth-order valence-electron chi connectivity index (χ4n) is 2.76. The number of halogens is 3. The first kappa shape index (κ1) is 19.8. The number of aryl methyl sites for hydroxylation is 1. The normalized spacial score (nSPS) is 11.9. The molecule has 0 radical (unpaired) electrons. The van der Waals surface area contributed by atoms with Gasteiger partial charge >= 0.3 is 6.09 Å². The Morgan fingerprint density at radius 1 is 1.11 bits per heavy atom. The lowest BCUT2D eigenvalue weighted by atomic mass is 10.1. The van der Waals surface area contributed by atoms with E-state index in [4.69, 9.17) is 27.9 Å². The van der Waals surface area contributed by atoms with Crippen molar-refractivity contribution in [2.24, 2.45) is 0 Å². The lowest BCUT2D eigenvalue weighted by Gasteiger charge is -2.18. The minimum atomic E-state index is -0.601. The van der Waals surface area contributed by atoms with E-state index in [1.165, 1.54) is 0 Å². The van der Waals surface area contributed by atoms with Gasteiger partial charge in [0.2, 0.25) is 0 Å². The van der Waals surface area contributed by atoms with E-state index in [-0.39, 0.29) is 0 Å². The number of ether oxygens (including phenoxy) is 1. The summed E-state index contributed by atoms with van der Waals surface area (Å²) in [6.45, 7) is 3.62. The molecule has 3 aromatic rings. The molecule has 27 heavy (non-hydrogen) atoms. The molecule has 0 aliphatic carbocycles. The second-order valence-corrected chi connectivity index (χ2v) is 7.74. The Hall–Kier alpha value is -1.95. The zero-order chi connectivity index (χ0) is 19.6. The van der Waals surface area contributed by atoms with Crippen molar-refractivity contribution in [3.8, 4) is 11.3 Å². The predicted octanol–water partition coefficient (Wildman–Crippen LogP) is 6.97. The van der Waals surface area contributed by atoms with Crippen molar-refractivity contribution in [3.05, 3.63) is 80.4 Å². The topological polar surface area (TPSA) is 43.3 Å². The Labute approximate surface area is 176 Å². The molecule has 4 nitrogen and oxygen atoms in total. The monoisotopic (exact) mass is 466 g/mol. The van der Waals surface area contributed by atoms with Crippen LogP contribution in [0.4, 0.5) is 4.79 Å². The van der Waals surface area contributed by atoms with E-state index >= 15 is 0 Å². The SMILES string of the molecule is Cc1cc(Cl)c(-c2ccc(Br)cc2)n1NC(=O)OC(C)c1ccccc1Cl. The highest BCUT2D eigenvalue weighted by Crippen LogP contribution is 2.32. The van der Waals surface area contributed by atoms with Crippen LogP contribution in [0.25, 0.3) is 11.3 Å². The number of nitrogens with one attached hydrogen (secondary N) is 1. The first-order chi connectivity index (χ1) is 12.9. The predicted molar refractivity (Wildman–Crippen MR) is 113 cm³/mol. The van der Waals surface area contributed by atoms with Gasteiger partial charge in [0.25, 0.3) is 0 Å². The van der Waals surface area contributed by atoms with Crippen LogP contribution in [0.15, 0.2) is 59.1 Å². The third-order valence-corrected chi connectivity index (χ3v) is 5.25. The van der Waals surface area contributed by atoms with Crippen molar-refractivity contribution in [1.29, 1.82) is 0 Å². The molecule has 1 aromatic heterocycles. The van der Waals surface area contributed by atoms with E-state index < -0.39 is 12.2 Å². The Kier molecular flexibility index (Phi) is 6.15. The first-order valence-electron chi connectivity index (χ1n) is 8.22. The average Bonchev–Trinajstić information content (AvgIpc) is 2.89. The Morgan fingerprint density at radius 3 is 2.44 bits per heavy atom. The highest BCUT2D eigenvalue weighted by atomic mass is 79.9. The maximum atomic E-state index is 12.5. The van der Waals surface area contributed by atoms with Gasteiger partial charge in [0, 0.05) is 26.3 Å². The number of carbonyl (C=O) groups excluding carboxylic acids is 1. The molecule has 7 heteroatoms. The van der Waals surface area contributed by atoms with Gasteiger partial charge in [-0.05, 0) is 38.1 Å². The minimum absolute atomic E-state index is 0.499. The van der Waals surface area contributed by atoms with Gasteiger partial charge in [-0.1, -0.05) is 69.5 Å². The van der Waals surface area contributed by atoms with Crippen molar-refractivity contribution in [2.45, 2.75) is 20.0 Å². The van der Waals surface area contributed by atoms with E-state index in [9.17, 15) is 4.79 Å². The van der Waals surface area contributed by atoms with Gasteiger partial charge in [0.15, 0.2) is 0 Å². The fraction of sp³-hybridized carbons (Fsp3) is 0.150. The van der Waals surface area contributed by atoms with Crippen molar-refractivity contribution < 1.29 is 9.53 Å². The molecule has 1 heterocycles. The molecule has 1 unspecified atom stereocenters. The maximum absolute atomic E-state index is 12.5. The second kappa shape index (κ2) is 8.38. The molecule has 1 N–H and O–H groups in total. The van der Waals surface area contributed by atoms with Gasteiger partial charge in [-0.25, -0.2) is 10.2 Å².